The van der Waals surface area contributed by atoms with Crippen molar-refractivity contribution < 1.29 is 9.53 Å². The van der Waals surface area contributed by atoms with Crippen molar-refractivity contribution in [2.75, 3.05) is 18.2 Å². The largest absolute Gasteiger partial charge is 0.497 e. The number of thioether (sulfide) groups is 1. The topological polar surface area (TPSA) is 73.2 Å². The van der Waals surface area contributed by atoms with Crippen molar-refractivity contribution in [3.63, 3.8) is 0 Å². The van der Waals surface area contributed by atoms with Gasteiger partial charge >= 0.3 is 0 Å². The molecule has 6 nitrogen and oxygen atoms in total. The highest BCUT2D eigenvalue weighted by Gasteiger charge is 2.13. The van der Waals surface area contributed by atoms with Crippen molar-refractivity contribution in [3.05, 3.63) is 46.1 Å². The first-order chi connectivity index (χ1) is 12.1. The molecule has 0 radical (unpaired) electrons. The lowest BCUT2D eigenvalue weighted by Gasteiger charge is -2.10. The summed E-state index contributed by atoms with van der Waals surface area (Å²) in [6.45, 7) is 2.41. The summed E-state index contributed by atoms with van der Waals surface area (Å²) >= 11 is 2.65. The minimum atomic E-state index is -0.155. The number of hydrogen-bond acceptors (Lipinski definition) is 6. The number of nitrogens with zero attached hydrogens (tertiary/aromatic N) is 2. The number of fused-ring (bicyclic) bond motifs is 1. The molecule has 2 heterocycles. The summed E-state index contributed by atoms with van der Waals surface area (Å²) in [5, 5.41) is 5.23. The van der Waals surface area contributed by atoms with Crippen LogP contribution in [-0.4, -0.2) is 28.3 Å². The van der Waals surface area contributed by atoms with Crippen LogP contribution in [0.3, 0.4) is 0 Å². The molecule has 3 aromatic rings. The van der Waals surface area contributed by atoms with Crippen LogP contribution in [0.4, 0.5) is 5.69 Å². The van der Waals surface area contributed by atoms with Gasteiger partial charge in [-0.15, -0.1) is 11.3 Å². The van der Waals surface area contributed by atoms with Gasteiger partial charge in [0.15, 0.2) is 5.16 Å². The van der Waals surface area contributed by atoms with Gasteiger partial charge in [0.25, 0.3) is 5.56 Å². The molecule has 0 fully saturated rings. The van der Waals surface area contributed by atoms with E-state index >= 15 is 0 Å². The van der Waals surface area contributed by atoms with E-state index in [4.69, 9.17) is 4.74 Å². The highest BCUT2D eigenvalue weighted by molar-refractivity contribution is 7.99. The Bertz CT molecular complexity index is 948. The number of hydrogen-bond donors (Lipinski definition) is 1. The summed E-state index contributed by atoms with van der Waals surface area (Å²) < 4.78 is 7.34. The maximum Gasteiger partial charge on any atom is 0.272 e. The number of thiophene rings is 1. The van der Waals surface area contributed by atoms with Crippen LogP contribution in [0.1, 0.15) is 6.92 Å². The predicted octanol–water partition coefficient (Wildman–Crippen LogP) is 3.22. The van der Waals surface area contributed by atoms with Gasteiger partial charge in [-0.3, -0.25) is 14.2 Å². The quantitative estimate of drug-likeness (QED) is 0.529. The maximum atomic E-state index is 12.4. The third kappa shape index (κ3) is 3.85. The third-order valence-corrected chi connectivity index (χ3v) is 5.42. The average Bonchev–Trinajstić information content (AvgIpc) is 3.09. The number of anilines is 1. The van der Waals surface area contributed by atoms with Crippen molar-refractivity contribution >= 4 is 44.9 Å². The number of amides is 1. The van der Waals surface area contributed by atoms with E-state index in [1.54, 1.807) is 35.9 Å². The van der Waals surface area contributed by atoms with Crippen molar-refractivity contribution in [1.82, 2.24) is 9.55 Å². The van der Waals surface area contributed by atoms with Crippen LogP contribution in [0.2, 0.25) is 0 Å². The molecule has 1 amide bonds. The average molecular weight is 375 g/mol. The summed E-state index contributed by atoms with van der Waals surface area (Å²) in [6.07, 6.45) is 0. The zero-order chi connectivity index (χ0) is 17.8. The molecular weight excluding hydrogens is 358 g/mol. The number of carbonyl (C=O) groups excluding carboxylic acids is 1. The van der Waals surface area contributed by atoms with Crippen molar-refractivity contribution in [2.24, 2.45) is 0 Å². The van der Waals surface area contributed by atoms with Gasteiger partial charge < -0.3 is 10.1 Å². The Labute approximate surface area is 152 Å². The second kappa shape index (κ2) is 7.71. The van der Waals surface area contributed by atoms with Gasteiger partial charge in [-0.1, -0.05) is 11.8 Å². The lowest BCUT2D eigenvalue weighted by molar-refractivity contribution is -0.113. The molecule has 1 aromatic carbocycles. The Morgan fingerprint density at radius 1 is 1.32 bits per heavy atom. The van der Waals surface area contributed by atoms with Gasteiger partial charge in [-0.05, 0) is 42.6 Å². The van der Waals surface area contributed by atoms with Gasteiger partial charge in [-0.25, -0.2) is 4.98 Å². The lowest BCUT2D eigenvalue weighted by atomic mass is 10.3. The highest BCUT2D eigenvalue weighted by Crippen LogP contribution is 2.21. The first-order valence-corrected chi connectivity index (χ1v) is 9.53. The van der Waals surface area contributed by atoms with E-state index in [0.29, 0.717) is 27.6 Å². The second-order valence-corrected chi connectivity index (χ2v) is 7.00. The van der Waals surface area contributed by atoms with E-state index in [1.165, 1.54) is 23.1 Å². The van der Waals surface area contributed by atoms with Crippen LogP contribution < -0.4 is 15.6 Å². The van der Waals surface area contributed by atoms with Gasteiger partial charge in [0.2, 0.25) is 5.91 Å². The standard InChI is InChI=1S/C17H17N3O3S2/c1-3-20-16(22)15-13(8-9-24-15)19-17(20)25-10-14(21)18-11-4-6-12(23-2)7-5-11/h4-9H,3,10H2,1-2H3,(H,18,21). The zero-order valence-corrected chi connectivity index (χ0v) is 15.4. The Morgan fingerprint density at radius 3 is 2.76 bits per heavy atom. The van der Waals surface area contributed by atoms with Crippen molar-refractivity contribution in [3.8, 4) is 5.75 Å². The number of methoxy groups -OCH3 is 1. The normalized spacial score (nSPS) is 10.8. The molecule has 0 unspecified atom stereocenters. The lowest BCUT2D eigenvalue weighted by Crippen LogP contribution is -2.22. The van der Waals surface area contributed by atoms with Crippen molar-refractivity contribution in [2.45, 2.75) is 18.6 Å². The minimum absolute atomic E-state index is 0.0550. The zero-order valence-electron chi connectivity index (χ0n) is 13.8. The second-order valence-electron chi connectivity index (χ2n) is 5.14. The van der Waals surface area contributed by atoms with Crippen LogP contribution >= 0.6 is 23.1 Å². The number of carbonyl (C=O) groups is 1. The van der Waals surface area contributed by atoms with E-state index < -0.39 is 0 Å². The first kappa shape index (κ1) is 17.5. The molecule has 0 atom stereocenters. The number of rotatable bonds is 6. The molecule has 2 aromatic heterocycles. The SMILES string of the molecule is CCn1c(SCC(=O)Nc2ccc(OC)cc2)nc2ccsc2c1=O. The monoisotopic (exact) mass is 375 g/mol. The first-order valence-electron chi connectivity index (χ1n) is 7.67. The molecule has 0 saturated heterocycles. The Balaban J connectivity index is 1.71. The van der Waals surface area contributed by atoms with Crippen molar-refractivity contribution in [1.29, 1.82) is 0 Å². The molecule has 0 spiro atoms. The Morgan fingerprint density at radius 2 is 2.08 bits per heavy atom. The van der Waals surface area contributed by atoms with Gasteiger partial charge in [0.1, 0.15) is 10.4 Å². The van der Waals surface area contributed by atoms with Crippen LogP contribution in [-0.2, 0) is 11.3 Å². The fourth-order valence-corrected chi connectivity index (χ4v) is 3.96. The maximum absolute atomic E-state index is 12.4. The van der Waals surface area contributed by atoms with Gasteiger partial charge in [0.05, 0.1) is 18.4 Å². The van der Waals surface area contributed by atoms with Gasteiger partial charge in [-0.2, -0.15) is 0 Å². The molecule has 0 aliphatic rings. The summed E-state index contributed by atoms with van der Waals surface area (Å²) in [4.78, 5) is 29.1. The Kier molecular flexibility index (Phi) is 5.40. The van der Waals surface area contributed by atoms with E-state index in [-0.39, 0.29) is 17.2 Å². The smallest absolute Gasteiger partial charge is 0.272 e. The highest BCUT2D eigenvalue weighted by atomic mass is 32.2. The third-order valence-electron chi connectivity index (χ3n) is 3.55. The molecule has 3 rings (SSSR count). The fraction of sp³-hybridized carbons (Fsp3) is 0.235. The van der Waals surface area contributed by atoms with Crippen LogP contribution in [0, 0.1) is 0 Å². The van der Waals surface area contributed by atoms with Gasteiger partial charge in [0, 0.05) is 12.2 Å². The molecule has 8 heteroatoms. The number of aromatic nitrogens is 2. The molecule has 25 heavy (non-hydrogen) atoms. The van der Waals surface area contributed by atoms with E-state index in [2.05, 4.69) is 10.3 Å². The molecular formula is C17H17N3O3S2. The predicted molar refractivity (Wildman–Crippen MR) is 102 cm³/mol. The van der Waals surface area contributed by atoms with E-state index in [0.717, 1.165) is 5.75 Å². The Hall–Kier alpha value is -2.32. The number of ether oxygens (including phenoxy) is 1. The summed E-state index contributed by atoms with van der Waals surface area (Å²) in [5.74, 6) is 0.749. The molecule has 0 bridgehead atoms. The van der Waals surface area contributed by atoms with E-state index in [9.17, 15) is 9.59 Å². The molecule has 0 aliphatic carbocycles. The molecule has 0 aliphatic heterocycles. The summed E-state index contributed by atoms with van der Waals surface area (Å²) in [6, 6.07) is 8.94. The van der Waals surface area contributed by atoms with E-state index in [1.807, 2.05) is 18.4 Å². The number of nitrogens with one attached hydrogen (secondary N) is 1. The molecule has 130 valence electrons. The van der Waals surface area contributed by atoms with Crippen LogP contribution in [0.5, 0.6) is 5.75 Å². The van der Waals surface area contributed by atoms with Crippen LogP contribution in [0.15, 0.2) is 45.7 Å². The fourth-order valence-electron chi connectivity index (χ4n) is 2.31. The summed E-state index contributed by atoms with van der Waals surface area (Å²) in [5.41, 5.74) is 1.32. The van der Waals surface area contributed by atoms with Crippen LogP contribution in [0.25, 0.3) is 10.2 Å². The number of benzene rings is 1. The molecule has 1 N–H and O–H groups in total. The minimum Gasteiger partial charge on any atom is -0.497 e. The summed E-state index contributed by atoms with van der Waals surface area (Å²) in [7, 11) is 1.59. The molecule has 0 saturated carbocycles.